The average Bonchev–Trinajstić information content (AvgIpc) is 2.28. The van der Waals surface area contributed by atoms with Crippen molar-refractivity contribution in [3.8, 4) is 0 Å². The third-order valence-corrected chi connectivity index (χ3v) is 3.65. The summed E-state index contributed by atoms with van der Waals surface area (Å²) >= 11 is 9.43. The Kier molecular flexibility index (Phi) is 6.14. The topological polar surface area (TPSA) is 16.1 Å². The van der Waals surface area contributed by atoms with Gasteiger partial charge in [0, 0.05) is 25.2 Å². The molecule has 0 radical (unpaired) electrons. The van der Waals surface area contributed by atoms with Crippen LogP contribution in [0.15, 0.2) is 16.7 Å². The van der Waals surface area contributed by atoms with E-state index in [1.165, 1.54) is 18.4 Å². The van der Waals surface area contributed by atoms with Gasteiger partial charge in [-0.3, -0.25) is 0 Å². The second-order valence-electron chi connectivity index (χ2n) is 3.80. The molecule has 0 fully saturated rings. The largest absolute Gasteiger partial charge is 0.354 e. The van der Waals surface area contributed by atoms with Crippen LogP contribution in [0.2, 0.25) is 0 Å². The Labute approximate surface area is 111 Å². The Morgan fingerprint density at radius 2 is 2.19 bits per heavy atom. The monoisotopic (exact) mass is 304 g/mol. The van der Waals surface area contributed by atoms with Crippen molar-refractivity contribution in [1.82, 2.24) is 4.98 Å². The first-order valence-electron chi connectivity index (χ1n) is 5.62. The Morgan fingerprint density at radius 3 is 2.81 bits per heavy atom. The first-order valence-corrected chi connectivity index (χ1v) is 6.95. The molecular weight excluding hydrogens is 288 g/mol. The standard InChI is InChI=1S/C12H18BrClN2/c1-3-4-8-16(9-6-14)12-11(13)10(2)5-7-15-12/h5,7H,3-4,6,8-9H2,1-2H3. The van der Waals surface area contributed by atoms with Crippen molar-refractivity contribution in [2.24, 2.45) is 0 Å². The fourth-order valence-electron chi connectivity index (χ4n) is 1.52. The summed E-state index contributed by atoms with van der Waals surface area (Å²) in [6.45, 7) is 6.13. The number of halogens is 2. The summed E-state index contributed by atoms with van der Waals surface area (Å²) in [7, 11) is 0. The van der Waals surface area contributed by atoms with E-state index in [0.29, 0.717) is 5.88 Å². The smallest absolute Gasteiger partial charge is 0.143 e. The van der Waals surface area contributed by atoms with Crippen LogP contribution in [0.1, 0.15) is 25.3 Å². The minimum Gasteiger partial charge on any atom is -0.354 e. The van der Waals surface area contributed by atoms with Crippen molar-refractivity contribution in [3.05, 3.63) is 22.3 Å². The van der Waals surface area contributed by atoms with Crippen molar-refractivity contribution in [2.45, 2.75) is 26.7 Å². The van der Waals surface area contributed by atoms with Gasteiger partial charge in [0.2, 0.25) is 0 Å². The normalized spacial score (nSPS) is 10.5. The lowest BCUT2D eigenvalue weighted by Gasteiger charge is -2.24. The number of aryl methyl sites for hydroxylation is 1. The number of aromatic nitrogens is 1. The number of nitrogens with zero attached hydrogens (tertiary/aromatic N) is 2. The van der Waals surface area contributed by atoms with Gasteiger partial charge in [-0.1, -0.05) is 13.3 Å². The van der Waals surface area contributed by atoms with Gasteiger partial charge in [0.05, 0.1) is 4.47 Å². The SMILES string of the molecule is CCCCN(CCCl)c1nccc(C)c1Br. The molecule has 90 valence electrons. The second-order valence-corrected chi connectivity index (χ2v) is 4.97. The fraction of sp³-hybridized carbons (Fsp3) is 0.583. The molecule has 0 atom stereocenters. The zero-order valence-electron chi connectivity index (χ0n) is 9.84. The van der Waals surface area contributed by atoms with E-state index in [9.17, 15) is 0 Å². The van der Waals surface area contributed by atoms with Crippen LogP contribution >= 0.6 is 27.5 Å². The Morgan fingerprint density at radius 1 is 1.44 bits per heavy atom. The molecule has 1 heterocycles. The summed E-state index contributed by atoms with van der Waals surface area (Å²) in [6, 6.07) is 2.01. The number of hydrogen-bond acceptors (Lipinski definition) is 2. The van der Waals surface area contributed by atoms with Gasteiger partial charge in [0.25, 0.3) is 0 Å². The molecule has 0 spiro atoms. The van der Waals surface area contributed by atoms with Crippen molar-refractivity contribution in [1.29, 1.82) is 0 Å². The average molecular weight is 306 g/mol. The third-order valence-electron chi connectivity index (χ3n) is 2.50. The van der Waals surface area contributed by atoms with Crippen LogP contribution in [-0.2, 0) is 0 Å². The number of pyridine rings is 1. The quantitative estimate of drug-likeness (QED) is 0.739. The van der Waals surface area contributed by atoms with Crippen LogP contribution in [0.4, 0.5) is 5.82 Å². The minimum absolute atomic E-state index is 0.631. The van der Waals surface area contributed by atoms with Gasteiger partial charge in [-0.2, -0.15) is 0 Å². The Bertz CT molecular complexity index is 331. The van der Waals surface area contributed by atoms with E-state index < -0.39 is 0 Å². The van der Waals surface area contributed by atoms with E-state index in [1.54, 1.807) is 0 Å². The van der Waals surface area contributed by atoms with Crippen LogP contribution in [0.5, 0.6) is 0 Å². The molecule has 1 aromatic rings. The summed E-state index contributed by atoms with van der Waals surface area (Å²) < 4.78 is 1.08. The lowest BCUT2D eigenvalue weighted by molar-refractivity contribution is 0.724. The number of alkyl halides is 1. The summed E-state index contributed by atoms with van der Waals surface area (Å²) in [6.07, 6.45) is 4.20. The molecule has 0 unspecified atom stereocenters. The first kappa shape index (κ1) is 13.8. The van der Waals surface area contributed by atoms with Crippen molar-refractivity contribution < 1.29 is 0 Å². The fourth-order valence-corrected chi connectivity index (χ4v) is 2.21. The molecule has 1 rings (SSSR count). The van der Waals surface area contributed by atoms with E-state index in [-0.39, 0.29) is 0 Å². The van der Waals surface area contributed by atoms with Gasteiger partial charge in [-0.05, 0) is 40.9 Å². The number of unbranched alkanes of at least 4 members (excludes halogenated alkanes) is 1. The van der Waals surface area contributed by atoms with Gasteiger partial charge in [0.1, 0.15) is 5.82 Å². The summed E-state index contributed by atoms with van der Waals surface area (Å²) in [5, 5.41) is 0. The van der Waals surface area contributed by atoms with Crippen LogP contribution in [0.25, 0.3) is 0 Å². The summed E-state index contributed by atoms with van der Waals surface area (Å²) in [5.74, 6) is 1.64. The third kappa shape index (κ3) is 3.63. The van der Waals surface area contributed by atoms with E-state index in [1.807, 2.05) is 12.3 Å². The molecule has 16 heavy (non-hydrogen) atoms. The molecule has 0 saturated heterocycles. The van der Waals surface area contributed by atoms with Crippen LogP contribution < -0.4 is 4.90 Å². The molecule has 2 nitrogen and oxygen atoms in total. The van der Waals surface area contributed by atoms with Crippen molar-refractivity contribution in [3.63, 3.8) is 0 Å². The summed E-state index contributed by atoms with van der Waals surface area (Å²) in [5.41, 5.74) is 1.21. The summed E-state index contributed by atoms with van der Waals surface area (Å²) in [4.78, 5) is 6.68. The number of hydrogen-bond donors (Lipinski definition) is 0. The van der Waals surface area contributed by atoms with Gasteiger partial charge in [-0.25, -0.2) is 4.98 Å². The second kappa shape index (κ2) is 7.13. The lowest BCUT2D eigenvalue weighted by Crippen LogP contribution is -2.28. The zero-order chi connectivity index (χ0) is 12.0. The number of rotatable bonds is 6. The first-order chi connectivity index (χ1) is 7.70. The molecule has 0 aromatic carbocycles. The molecule has 0 aliphatic heterocycles. The molecule has 4 heteroatoms. The highest BCUT2D eigenvalue weighted by molar-refractivity contribution is 9.10. The van der Waals surface area contributed by atoms with Gasteiger partial charge in [0.15, 0.2) is 0 Å². The Balaban J connectivity index is 2.86. The predicted molar refractivity (Wildman–Crippen MR) is 74.5 cm³/mol. The molecule has 0 N–H and O–H groups in total. The van der Waals surface area contributed by atoms with E-state index in [4.69, 9.17) is 11.6 Å². The Hall–Kier alpha value is -0.280. The van der Waals surface area contributed by atoms with Crippen LogP contribution in [0, 0.1) is 6.92 Å². The predicted octanol–water partition coefficient (Wildman–Crippen LogP) is 4.00. The molecule has 0 aliphatic carbocycles. The van der Waals surface area contributed by atoms with Crippen LogP contribution in [0.3, 0.4) is 0 Å². The molecular formula is C12H18BrClN2. The number of anilines is 1. The molecule has 0 amide bonds. The zero-order valence-corrected chi connectivity index (χ0v) is 12.2. The maximum absolute atomic E-state index is 5.83. The maximum Gasteiger partial charge on any atom is 0.143 e. The molecule has 1 aromatic heterocycles. The van der Waals surface area contributed by atoms with Crippen LogP contribution in [-0.4, -0.2) is 24.0 Å². The van der Waals surface area contributed by atoms with E-state index >= 15 is 0 Å². The molecule has 0 bridgehead atoms. The van der Waals surface area contributed by atoms with E-state index in [2.05, 4.69) is 39.7 Å². The van der Waals surface area contributed by atoms with Crippen molar-refractivity contribution in [2.75, 3.05) is 23.9 Å². The molecule has 0 aliphatic rings. The minimum atomic E-state index is 0.631. The van der Waals surface area contributed by atoms with Crippen molar-refractivity contribution >= 4 is 33.3 Å². The highest BCUT2D eigenvalue weighted by atomic mass is 79.9. The van der Waals surface area contributed by atoms with Gasteiger partial charge in [-0.15, -0.1) is 11.6 Å². The van der Waals surface area contributed by atoms with E-state index in [0.717, 1.165) is 23.4 Å². The van der Waals surface area contributed by atoms with Gasteiger partial charge < -0.3 is 4.90 Å². The highest BCUT2D eigenvalue weighted by Crippen LogP contribution is 2.26. The molecule has 0 saturated carbocycles. The maximum atomic E-state index is 5.83. The van der Waals surface area contributed by atoms with Gasteiger partial charge >= 0.3 is 0 Å². The lowest BCUT2D eigenvalue weighted by atomic mass is 10.2. The highest BCUT2D eigenvalue weighted by Gasteiger charge is 2.11.